The Hall–Kier alpha value is -1.40. The van der Waals surface area contributed by atoms with Gasteiger partial charge in [0.05, 0.1) is 19.8 Å². The van der Waals surface area contributed by atoms with Gasteiger partial charge in [-0.25, -0.2) is 9.59 Å². The van der Waals surface area contributed by atoms with Crippen molar-refractivity contribution in [3.8, 4) is 0 Å². The van der Waals surface area contributed by atoms with Gasteiger partial charge in [0.1, 0.15) is 6.61 Å². The summed E-state index contributed by atoms with van der Waals surface area (Å²) in [6.45, 7) is 7.73. The summed E-state index contributed by atoms with van der Waals surface area (Å²) in [7, 11) is 0. The maximum absolute atomic E-state index is 11.4. The topological polar surface area (TPSA) is 82.1 Å². The number of ether oxygens (including phenoxy) is 3. The third kappa shape index (κ3) is 16.8. The minimum absolute atomic E-state index is 0.0752. The van der Waals surface area contributed by atoms with Gasteiger partial charge < -0.3 is 19.3 Å². The molecule has 0 rings (SSSR count). The Morgan fingerprint density at radius 2 is 1.43 bits per heavy atom. The molecule has 0 aliphatic carbocycles. The highest BCUT2D eigenvalue weighted by atomic mass is 16.6. The van der Waals surface area contributed by atoms with Crippen LogP contribution >= 0.6 is 0 Å². The summed E-state index contributed by atoms with van der Waals surface area (Å²) in [5, 5.41) is 8.61. The van der Waals surface area contributed by atoms with Crippen molar-refractivity contribution in [2.45, 2.75) is 46.5 Å². The van der Waals surface area contributed by atoms with Crippen molar-refractivity contribution in [2.24, 2.45) is 5.41 Å². The molecule has 6 heteroatoms. The van der Waals surface area contributed by atoms with Crippen LogP contribution in [0.15, 0.2) is 12.2 Å². The second-order valence-corrected chi connectivity index (χ2v) is 6.42. The first-order valence-electron chi connectivity index (χ1n) is 8.05. The predicted octanol–water partition coefficient (Wildman–Crippen LogP) is 2.24. The molecule has 6 nitrogen and oxygen atoms in total. The molecule has 0 unspecified atom stereocenters. The highest BCUT2D eigenvalue weighted by Gasteiger charge is 2.09. The zero-order chi connectivity index (χ0) is 17.6. The van der Waals surface area contributed by atoms with Crippen LogP contribution in [0.1, 0.15) is 46.5 Å². The quantitative estimate of drug-likeness (QED) is 0.336. The van der Waals surface area contributed by atoms with Crippen LogP contribution in [0, 0.1) is 5.41 Å². The van der Waals surface area contributed by atoms with Crippen LogP contribution in [0.2, 0.25) is 0 Å². The van der Waals surface area contributed by atoms with E-state index in [2.05, 4.69) is 20.8 Å². The maximum Gasteiger partial charge on any atom is 0.331 e. The van der Waals surface area contributed by atoms with E-state index in [1.54, 1.807) is 0 Å². The molecule has 0 radical (unpaired) electrons. The summed E-state index contributed by atoms with van der Waals surface area (Å²) in [6.07, 6.45) is 5.43. The van der Waals surface area contributed by atoms with Gasteiger partial charge in [-0.2, -0.15) is 0 Å². The molecule has 0 heterocycles. The van der Waals surface area contributed by atoms with Crippen LogP contribution < -0.4 is 0 Å². The van der Waals surface area contributed by atoms with Gasteiger partial charge in [-0.15, -0.1) is 0 Å². The second-order valence-electron chi connectivity index (χ2n) is 6.42. The van der Waals surface area contributed by atoms with Crippen LogP contribution in [-0.4, -0.2) is 50.1 Å². The number of esters is 2. The molecule has 0 saturated carbocycles. The molecule has 23 heavy (non-hydrogen) atoms. The highest BCUT2D eigenvalue weighted by molar-refractivity contribution is 5.91. The van der Waals surface area contributed by atoms with Crippen LogP contribution in [0.4, 0.5) is 0 Å². The summed E-state index contributed by atoms with van der Waals surface area (Å²) in [4.78, 5) is 22.7. The van der Waals surface area contributed by atoms with Gasteiger partial charge in [-0.05, 0) is 24.7 Å². The first-order valence-corrected chi connectivity index (χ1v) is 8.05. The van der Waals surface area contributed by atoms with Crippen molar-refractivity contribution in [2.75, 3.05) is 33.0 Å². The summed E-state index contributed by atoms with van der Waals surface area (Å²) in [5.41, 5.74) is 0.0752. The van der Waals surface area contributed by atoms with Crippen LogP contribution in [0.25, 0.3) is 0 Å². The second kappa shape index (κ2) is 13.1. The van der Waals surface area contributed by atoms with Gasteiger partial charge in [0.2, 0.25) is 0 Å². The lowest BCUT2D eigenvalue weighted by molar-refractivity contribution is -0.141. The van der Waals surface area contributed by atoms with Gasteiger partial charge in [-0.1, -0.05) is 27.2 Å². The summed E-state index contributed by atoms with van der Waals surface area (Å²) in [5.74, 6) is -1.16. The van der Waals surface area contributed by atoms with E-state index in [1.807, 2.05) is 0 Å². The van der Waals surface area contributed by atoms with Gasteiger partial charge in [-0.3, -0.25) is 0 Å². The minimum Gasteiger partial charge on any atom is -0.463 e. The predicted molar refractivity (Wildman–Crippen MR) is 86.9 cm³/mol. The fourth-order valence-corrected chi connectivity index (χ4v) is 1.55. The number of rotatable bonds is 12. The van der Waals surface area contributed by atoms with Crippen LogP contribution in [-0.2, 0) is 23.8 Å². The highest BCUT2D eigenvalue weighted by Crippen LogP contribution is 2.12. The van der Waals surface area contributed by atoms with Crippen molar-refractivity contribution >= 4 is 11.9 Å². The third-order valence-corrected chi connectivity index (χ3v) is 2.66. The number of hydrogen-bond acceptors (Lipinski definition) is 6. The van der Waals surface area contributed by atoms with E-state index >= 15 is 0 Å². The zero-order valence-corrected chi connectivity index (χ0v) is 14.5. The third-order valence-electron chi connectivity index (χ3n) is 2.66. The van der Waals surface area contributed by atoms with Crippen molar-refractivity contribution in [1.82, 2.24) is 0 Å². The van der Waals surface area contributed by atoms with E-state index in [1.165, 1.54) is 0 Å². The summed E-state index contributed by atoms with van der Waals surface area (Å²) >= 11 is 0. The Bertz CT molecular complexity index is 357. The molecule has 0 aromatic carbocycles. The van der Waals surface area contributed by atoms with E-state index in [-0.39, 0.29) is 18.6 Å². The molecule has 0 bridgehead atoms. The number of unbranched alkanes of at least 4 members (excludes halogenated alkanes) is 3. The SMILES string of the molecule is CC(C)(C)COCCOC(=O)/C=C/C(=O)OCCCCCCO. The molecule has 0 aromatic heterocycles. The number of aliphatic hydroxyl groups excluding tert-OH is 1. The van der Waals surface area contributed by atoms with E-state index < -0.39 is 11.9 Å². The summed E-state index contributed by atoms with van der Waals surface area (Å²) in [6, 6.07) is 0. The van der Waals surface area contributed by atoms with Gasteiger partial charge in [0.15, 0.2) is 0 Å². The minimum atomic E-state index is -0.593. The van der Waals surface area contributed by atoms with Crippen molar-refractivity contribution in [3.63, 3.8) is 0 Å². The molecule has 0 saturated heterocycles. The molecule has 0 aliphatic heterocycles. The molecule has 134 valence electrons. The van der Waals surface area contributed by atoms with Crippen LogP contribution in [0.5, 0.6) is 0 Å². The smallest absolute Gasteiger partial charge is 0.331 e. The van der Waals surface area contributed by atoms with E-state index in [4.69, 9.17) is 19.3 Å². The molecular weight excluding hydrogens is 300 g/mol. The van der Waals surface area contributed by atoms with E-state index in [0.29, 0.717) is 19.8 Å². The van der Waals surface area contributed by atoms with Crippen molar-refractivity contribution < 1.29 is 28.9 Å². The molecule has 0 amide bonds. The number of carbonyl (C=O) groups excluding carboxylic acids is 2. The van der Waals surface area contributed by atoms with Crippen molar-refractivity contribution in [1.29, 1.82) is 0 Å². The standard InChI is InChI=1S/C17H30O6/c1-17(2,3)14-21-12-13-23-16(20)9-8-15(19)22-11-7-5-4-6-10-18/h8-9,18H,4-7,10-14H2,1-3H3/b9-8+. The first kappa shape index (κ1) is 21.6. The van der Waals surface area contributed by atoms with Gasteiger partial charge >= 0.3 is 11.9 Å². The van der Waals surface area contributed by atoms with Crippen LogP contribution in [0.3, 0.4) is 0 Å². The van der Waals surface area contributed by atoms with Gasteiger partial charge in [0.25, 0.3) is 0 Å². The number of hydrogen-bond donors (Lipinski definition) is 1. The fourth-order valence-electron chi connectivity index (χ4n) is 1.55. The lowest BCUT2D eigenvalue weighted by Crippen LogP contribution is -2.17. The first-order chi connectivity index (χ1) is 10.8. The Kier molecular flexibility index (Phi) is 12.3. The maximum atomic E-state index is 11.4. The van der Waals surface area contributed by atoms with E-state index in [9.17, 15) is 9.59 Å². The molecule has 0 aliphatic rings. The Morgan fingerprint density at radius 3 is 2.00 bits per heavy atom. The van der Waals surface area contributed by atoms with E-state index in [0.717, 1.165) is 37.8 Å². The average Bonchev–Trinajstić information content (AvgIpc) is 2.47. The monoisotopic (exact) mass is 330 g/mol. The Morgan fingerprint density at radius 1 is 0.870 bits per heavy atom. The summed E-state index contributed by atoms with van der Waals surface area (Å²) < 4.78 is 15.2. The average molecular weight is 330 g/mol. The largest absolute Gasteiger partial charge is 0.463 e. The molecule has 0 fully saturated rings. The molecule has 1 N–H and O–H groups in total. The number of carbonyl (C=O) groups is 2. The molecule has 0 aromatic rings. The lowest BCUT2D eigenvalue weighted by Gasteiger charge is -2.17. The lowest BCUT2D eigenvalue weighted by atomic mass is 9.99. The van der Waals surface area contributed by atoms with Crippen molar-refractivity contribution in [3.05, 3.63) is 12.2 Å². The Balaban J connectivity index is 3.60. The molecule has 0 atom stereocenters. The molecule has 0 spiro atoms. The fraction of sp³-hybridized carbons (Fsp3) is 0.765. The normalized spacial score (nSPS) is 11.7. The number of aliphatic hydroxyl groups is 1. The zero-order valence-electron chi connectivity index (χ0n) is 14.5. The van der Waals surface area contributed by atoms with Gasteiger partial charge in [0, 0.05) is 18.8 Å². The Labute approximate surface area is 138 Å². The molecular formula is C17H30O6.